The van der Waals surface area contributed by atoms with E-state index in [9.17, 15) is 0 Å². The number of thiocarbonyl (C=S) groups is 1. The van der Waals surface area contributed by atoms with Crippen molar-refractivity contribution < 1.29 is 18.9 Å². The topological polar surface area (TPSA) is 64.2 Å². The Kier molecular flexibility index (Phi) is 6.05. The molecule has 0 atom stereocenters. The molecule has 7 nitrogen and oxygen atoms in total. The van der Waals surface area contributed by atoms with Gasteiger partial charge in [-0.1, -0.05) is 0 Å². The molecule has 1 aliphatic rings. The molecule has 0 aliphatic carbocycles. The van der Waals surface area contributed by atoms with E-state index in [0.717, 1.165) is 18.8 Å². The van der Waals surface area contributed by atoms with Gasteiger partial charge in [0.2, 0.25) is 5.75 Å². The summed E-state index contributed by atoms with van der Waals surface area (Å²) in [5.74, 6) is 1.68. The molecule has 2 rings (SSSR count). The van der Waals surface area contributed by atoms with Crippen molar-refractivity contribution in [2.24, 2.45) is 0 Å². The largest absolute Gasteiger partial charge is 0.493 e. The van der Waals surface area contributed by atoms with Crippen molar-refractivity contribution in [3.63, 3.8) is 0 Å². The van der Waals surface area contributed by atoms with Gasteiger partial charge in [0.05, 0.1) is 34.5 Å². The summed E-state index contributed by atoms with van der Waals surface area (Å²) in [5.41, 5.74) is 3.88. The van der Waals surface area contributed by atoms with E-state index in [1.54, 1.807) is 33.5 Å². The van der Waals surface area contributed by atoms with Crippen LogP contribution >= 0.6 is 12.2 Å². The maximum absolute atomic E-state index is 5.32. The number of morpholine rings is 1. The van der Waals surface area contributed by atoms with Crippen molar-refractivity contribution in [2.75, 3.05) is 52.9 Å². The molecule has 2 N–H and O–H groups in total. The van der Waals surface area contributed by atoms with Crippen LogP contribution < -0.4 is 25.0 Å². The fraction of sp³-hybridized carbons (Fsp3) is 0.500. The van der Waals surface area contributed by atoms with E-state index in [1.165, 1.54) is 0 Å². The van der Waals surface area contributed by atoms with Crippen LogP contribution in [0.25, 0.3) is 0 Å². The van der Waals surface area contributed by atoms with E-state index in [1.807, 2.05) is 5.01 Å². The molecule has 0 unspecified atom stereocenters. The third-order valence-corrected chi connectivity index (χ3v) is 3.39. The van der Waals surface area contributed by atoms with Crippen LogP contribution in [0.15, 0.2) is 12.1 Å². The summed E-state index contributed by atoms with van der Waals surface area (Å²) in [5, 5.41) is 5.62. The Morgan fingerprint density at radius 2 is 1.68 bits per heavy atom. The SMILES string of the molecule is COc1cc(NC(=S)NN2CCOCC2)cc(OC)c1OC. The zero-order valence-corrected chi connectivity index (χ0v) is 13.8. The van der Waals surface area contributed by atoms with Crippen LogP contribution in [0.4, 0.5) is 5.69 Å². The van der Waals surface area contributed by atoms with Crippen molar-refractivity contribution in [3.05, 3.63) is 12.1 Å². The van der Waals surface area contributed by atoms with Crippen LogP contribution in [0, 0.1) is 0 Å². The molecule has 122 valence electrons. The molecule has 8 heteroatoms. The number of benzene rings is 1. The monoisotopic (exact) mass is 327 g/mol. The quantitative estimate of drug-likeness (QED) is 0.784. The first-order valence-corrected chi connectivity index (χ1v) is 7.29. The van der Waals surface area contributed by atoms with Crippen molar-refractivity contribution in [2.45, 2.75) is 0 Å². The molecular formula is C14H21N3O4S. The van der Waals surface area contributed by atoms with Gasteiger partial charge in [0.1, 0.15) is 0 Å². The highest BCUT2D eigenvalue weighted by Crippen LogP contribution is 2.39. The van der Waals surface area contributed by atoms with Gasteiger partial charge in [-0.05, 0) is 12.2 Å². The number of anilines is 1. The van der Waals surface area contributed by atoms with Gasteiger partial charge in [0.15, 0.2) is 16.6 Å². The second kappa shape index (κ2) is 8.02. The maximum Gasteiger partial charge on any atom is 0.203 e. The van der Waals surface area contributed by atoms with Crippen molar-refractivity contribution in [1.29, 1.82) is 0 Å². The predicted octanol–water partition coefficient (Wildman–Crippen LogP) is 1.25. The summed E-state index contributed by atoms with van der Waals surface area (Å²) in [6.45, 7) is 2.97. The number of ether oxygens (including phenoxy) is 4. The van der Waals surface area contributed by atoms with Crippen LogP contribution in [0.5, 0.6) is 17.2 Å². The Morgan fingerprint density at radius 3 is 2.18 bits per heavy atom. The number of nitrogens with zero attached hydrogens (tertiary/aromatic N) is 1. The molecule has 0 spiro atoms. The Balaban J connectivity index is 2.06. The zero-order chi connectivity index (χ0) is 15.9. The van der Waals surface area contributed by atoms with E-state index in [0.29, 0.717) is 35.6 Å². The lowest BCUT2D eigenvalue weighted by Crippen LogP contribution is -2.49. The van der Waals surface area contributed by atoms with Gasteiger partial charge in [-0.15, -0.1) is 0 Å². The minimum Gasteiger partial charge on any atom is -0.493 e. The van der Waals surface area contributed by atoms with Crippen molar-refractivity contribution >= 4 is 23.0 Å². The fourth-order valence-electron chi connectivity index (χ4n) is 2.13. The van der Waals surface area contributed by atoms with Crippen LogP contribution in [0.1, 0.15) is 0 Å². The number of hydrogen-bond acceptors (Lipinski definition) is 6. The summed E-state index contributed by atoms with van der Waals surface area (Å²) in [6, 6.07) is 3.60. The van der Waals surface area contributed by atoms with E-state index in [-0.39, 0.29) is 0 Å². The molecule has 22 heavy (non-hydrogen) atoms. The van der Waals surface area contributed by atoms with Crippen LogP contribution in [0.2, 0.25) is 0 Å². The standard InChI is InChI=1S/C14H21N3O4S/c1-18-11-8-10(9-12(19-2)13(11)20-3)15-14(22)16-17-4-6-21-7-5-17/h8-9H,4-7H2,1-3H3,(H2,15,16,22). The summed E-state index contributed by atoms with van der Waals surface area (Å²) in [4.78, 5) is 0. The lowest BCUT2D eigenvalue weighted by Gasteiger charge is -2.28. The van der Waals surface area contributed by atoms with Crippen LogP contribution in [-0.2, 0) is 4.74 Å². The molecule has 1 aliphatic heterocycles. The molecule has 1 heterocycles. The molecule has 0 saturated carbocycles. The van der Waals surface area contributed by atoms with Gasteiger partial charge in [-0.3, -0.25) is 5.43 Å². The molecule has 0 aromatic heterocycles. The molecular weight excluding hydrogens is 306 g/mol. The first-order valence-electron chi connectivity index (χ1n) is 6.88. The average molecular weight is 327 g/mol. The second-order valence-electron chi connectivity index (χ2n) is 4.58. The molecule has 0 bridgehead atoms. The minimum atomic E-state index is 0.496. The lowest BCUT2D eigenvalue weighted by molar-refractivity contribution is 0.0252. The van der Waals surface area contributed by atoms with Gasteiger partial charge in [-0.25, -0.2) is 5.01 Å². The predicted molar refractivity (Wildman–Crippen MR) is 87.8 cm³/mol. The summed E-state index contributed by atoms with van der Waals surface area (Å²) in [6.07, 6.45) is 0. The number of methoxy groups -OCH3 is 3. The van der Waals surface area contributed by atoms with Gasteiger partial charge in [-0.2, -0.15) is 0 Å². The summed E-state index contributed by atoms with van der Waals surface area (Å²) in [7, 11) is 4.72. The van der Waals surface area contributed by atoms with E-state index >= 15 is 0 Å². The van der Waals surface area contributed by atoms with E-state index in [4.69, 9.17) is 31.2 Å². The Hall–Kier alpha value is -1.77. The Labute approximate surface area is 135 Å². The molecule has 0 amide bonds. The Bertz CT molecular complexity index is 496. The van der Waals surface area contributed by atoms with Gasteiger partial charge in [0.25, 0.3) is 0 Å². The smallest absolute Gasteiger partial charge is 0.203 e. The third kappa shape index (κ3) is 4.12. The average Bonchev–Trinajstić information content (AvgIpc) is 2.54. The van der Waals surface area contributed by atoms with E-state index < -0.39 is 0 Å². The maximum atomic E-state index is 5.32. The fourth-order valence-corrected chi connectivity index (χ4v) is 2.38. The van der Waals surface area contributed by atoms with Crippen LogP contribution in [0.3, 0.4) is 0 Å². The third-order valence-electron chi connectivity index (χ3n) is 3.19. The first-order chi connectivity index (χ1) is 10.7. The highest BCUT2D eigenvalue weighted by Gasteiger charge is 2.15. The number of nitrogens with one attached hydrogen (secondary N) is 2. The normalized spacial score (nSPS) is 15.0. The number of hydrogen-bond donors (Lipinski definition) is 2. The van der Waals surface area contributed by atoms with E-state index in [2.05, 4.69) is 10.7 Å². The molecule has 1 saturated heterocycles. The van der Waals surface area contributed by atoms with Crippen LogP contribution in [-0.4, -0.2) is 57.8 Å². The zero-order valence-electron chi connectivity index (χ0n) is 13.0. The number of hydrazine groups is 1. The second-order valence-corrected chi connectivity index (χ2v) is 4.99. The van der Waals surface area contributed by atoms with Crippen molar-refractivity contribution in [1.82, 2.24) is 10.4 Å². The lowest BCUT2D eigenvalue weighted by atomic mass is 10.2. The highest BCUT2D eigenvalue weighted by atomic mass is 32.1. The Morgan fingerprint density at radius 1 is 1.09 bits per heavy atom. The van der Waals surface area contributed by atoms with Gasteiger partial charge in [0, 0.05) is 30.9 Å². The summed E-state index contributed by atoms with van der Waals surface area (Å²) < 4.78 is 21.2. The molecule has 1 fully saturated rings. The molecule has 1 aromatic rings. The first kappa shape index (κ1) is 16.6. The highest BCUT2D eigenvalue weighted by molar-refractivity contribution is 7.80. The molecule has 1 aromatic carbocycles. The number of rotatable bonds is 5. The molecule has 0 radical (unpaired) electrons. The minimum absolute atomic E-state index is 0.496. The van der Waals surface area contributed by atoms with Crippen molar-refractivity contribution in [3.8, 4) is 17.2 Å². The van der Waals surface area contributed by atoms with Gasteiger partial charge >= 0.3 is 0 Å². The summed E-state index contributed by atoms with van der Waals surface area (Å²) >= 11 is 5.32. The van der Waals surface area contributed by atoms with Gasteiger partial charge < -0.3 is 24.3 Å².